The fourth-order valence-electron chi connectivity index (χ4n) is 2.68. The van der Waals surface area contributed by atoms with Crippen molar-refractivity contribution in [3.8, 4) is 0 Å². The van der Waals surface area contributed by atoms with E-state index in [9.17, 15) is 14.9 Å². The molecule has 7 nitrogen and oxygen atoms in total. The zero-order valence-corrected chi connectivity index (χ0v) is 11.7. The number of nitro groups is 1. The molecule has 1 fully saturated rings. The molecule has 7 heteroatoms. The van der Waals surface area contributed by atoms with E-state index in [1.165, 1.54) is 18.2 Å². The molecule has 5 N–H and O–H groups in total. The minimum atomic E-state index is -0.613. The van der Waals surface area contributed by atoms with E-state index in [4.69, 9.17) is 11.5 Å². The smallest absolute Gasteiger partial charge is 0.292 e. The third-order valence-corrected chi connectivity index (χ3v) is 3.89. The quantitative estimate of drug-likeness (QED) is 0.443. The highest BCUT2D eigenvalue weighted by Gasteiger charge is 2.24. The Morgan fingerprint density at radius 1 is 1.29 bits per heavy atom. The first-order chi connectivity index (χ1) is 9.99. The Bertz CT molecular complexity index is 547. The van der Waals surface area contributed by atoms with Crippen LogP contribution in [0.4, 0.5) is 11.4 Å². The Morgan fingerprint density at radius 3 is 2.67 bits per heavy atom. The number of nitrogens with one attached hydrogen (secondary N) is 1. The van der Waals surface area contributed by atoms with Crippen molar-refractivity contribution in [2.45, 2.75) is 44.2 Å². The monoisotopic (exact) mass is 292 g/mol. The number of benzene rings is 1. The average Bonchev–Trinajstić information content (AvgIpc) is 2.64. The van der Waals surface area contributed by atoms with Gasteiger partial charge in [-0.2, -0.15) is 0 Å². The van der Waals surface area contributed by atoms with Crippen LogP contribution in [0.3, 0.4) is 0 Å². The molecule has 1 aromatic carbocycles. The van der Waals surface area contributed by atoms with Crippen LogP contribution < -0.4 is 16.8 Å². The van der Waals surface area contributed by atoms with E-state index in [-0.39, 0.29) is 23.3 Å². The number of nitrogens with zero attached hydrogens (tertiary/aromatic N) is 1. The van der Waals surface area contributed by atoms with Crippen molar-refractivity contribution < 1.29 is 9.72 Å². The highest BCUT2D eigenvalue weighted by atomic mass is 16.6. The van der Waals surface area contributed by atoms with Crippen LogP contribution in [0.2, 0.25) is 0 Å². The Kier molecular flexibility index (Phi) is 4.74. The summed E-state index contributed by atoms with van der Waals surface area (Å²) in [5, 5.41) is 14.3. The van der Waals surface area contributed by atoms with Crippen LogP contribution in [-0.4, -0.2) is 22.9 Å². The number of carbonyl (C=O) groups is 1. The third kappa shape index (κ3) is 3.69. The van der Waals surface area contributed by atoms with E-state index in [0.717, 1.165) is 32.1 Å². The van der Waals surface area contributed by atoms with Gasteiger partial charge in [-0.3, -0.25) is 14.9 Å². The number of hydrogen-bond donors (Lipinski definition) is 3. The minimum Gasteiger partial charge on any atom is -0.375 e. The molecule has 1 aromatic rings. The van der Waals surface area contributed by atoms with E-state index in [0.29, 0.717) is 5.69 Å². The summed E-state index contributed by atoms with van der Waals surface area (Å²) in [5.41, 5.74) is 11.8. The first-order valence-corrected chi connectivity index (χ1v) is 7.09. The lowest BCUT2D eigenvalue weighted by atomic mass is 10.0. The highest BCUT2D eigenvalue weighted by Crippen LogP contribution is 2.28. The second-order valence-electron chi connectivity index (χ2n) is 5.41. The molecule has 0 heterocycles. The van der Waals surface area contributed by atoms with Crippen LogP contribution in [0.15, 0.2) is 18.2 Å². The van der Waals surface area contributed by atoms with Crippen molar-refractivity contribution in [2.75, 3.05) is 5.32 Å². The number of amides is 1. The van der Waals surface area contributed by atoms with Gasteiger partial charge in [0.2, 0.25) is 5.91 Å². The van der Waals surface area contributed by atoms with Gasteiger partial charge < -0.3 is 16.8 Å². The predicted octanol–water partition coefficient (Wildman–Crippen LogP) is 1.77. The van der Waals surface area contributed by atoms with Crippen LogP contribution in [0, 0.1) is 10.1 Å². The van der Waals surface area contributed by atoms with Crippen LogP contribution in [0.25, 0.3) is 0 Å². The van der Waals surface area contributed by atoms with Crippen LogP contribution in [0.5, 0.6) is 0 Å². The maximum atomic E-state index is 11.2. The molecule has 0 saturated heterocycles. The summed E-state index contributed by atoms with van der Waals surface area (Å²) < 4.78 is 0. The second-order valence-corrected chi connectivity index (χ2v) is 5.41. The number of anilines is 1. The highest BCUT2D eigenvalue weighted by molar-refractivity contribution is 5.94. The fourth-order valence-corrected chi connectivity index (χ4v) is 2.68. The van der Waals surface area contributed by atoms with Crippen molar-refractivity contribution in [3.63, 3.8) is 0 Å². The molecule has 1 aliphatic rings. The summed E-state index contributed by atoms with van der Waals surface area (Å²) in [6.45, 7) is 0. The molecule has 21 heavy (non-hydrogen) atoms. The van der Waals surface area contributed by atoms with E-state index >= 15 is 0 Å². The molecule has 114 valence electrons. The summed E-state index contributed by atoms with van der Waals surface area (Å²) in [7, 11) is 0. The lowest BCUT2D eigenvalue weighted by Gasteiger charge is -2.23. The molecule has 0 aliphatic heterocycles. The Labute approximate surface area is 122 Å². The summed E-state index contributed by atoms with van der Waals surface area (Å²) in [6, 6.07) is 4.00. The Balaban J connectivity index is 2.29. The normalized spacial score (nSPS) is 22.3. The molecule has 2 atom stereocenters. The zero-order chi connectivity index (χ0) is 15.4. The molecular formula is C14H20N4O3. The number of nitro benzene ring substituents is 1. The molecule has 0 bridgehead atoms. The van der Waals surface area contributed by atoms with Crippen LogP contribution >= 0.6 is 0 Å². The molecule has 2 unspecified atom stereocenters. The topological polar surface area (TPSA) is 124 Å². The van der Waals surface area contributed by atoms with Crippen LogP contribution in [0.1, 0.15) is 42.5 Å². The van der Waals surface area contributed by atoms with Crippen molar-refractivity contribution in [1.29, 1.82) is 0 Å². The Morgan fingerprint density at radius 2 is 2.00 bits per heavy atom. The van der Waals surface area contributed by atoms with Gasteiger partial charge in [-0.15, -0.1) is 0 Å². The van der Waals surface area contributed by atoms with Gasteiger partial charge in [0.1, 0.15) is 5.69 Å². The van der Waals surface area contributed by atoms with Gasteiger partial charge in [0, 0.05) is 23.7 Å². The summed E-state index contributed by atoms with van der Waals surface area (Å²) >= 11 is 0. The van der Waals surface area contributed by atoms with E-state index in [1.54, 1.807) is 0 Å². The van der Waals surface area contributed by atoms with Gasteiger partial charge >= 0.3 is 0 Å². The fraction of sp³-hybridized carbons (Fsp3) is 0.500. The molecule has 1 aliphatic carbocycles. The third-order valence-electron chi connectivity index (χ3n) is 3.89. The molecule has 0 radical (unpaired) electrons. The number of hydrogen-bond acceptors (Lipinski definition) is 5. The van der Waals surface area contributed by atoms with E-state index < -0.39 is 10.8 Å². The number of nitrogens with two attached hydrogens (primary N) is 2. The molecule has 0 aromatic heterocycles. The van der Waals surface area contributed by atoms with Gasteiger partial charge in [-0.05, 0) is 25.0 Å². The van der Waals surface area contributed by atoms with Crippen molar-refractivity contribution >= 4 is 17.3 Å². The molecule has 2 rings (SSSR count). The first kappa shape index (κ1) is 15.2. The van der Waals surface area contributed by atoms with E-state index in [2.05, 4.69) is 5.32 Å². The predicted molar refractivity (Wildman–Crippen MR) is 80.1 cm³/mol. The summed E-state index contributed by atoms with van der Waals surface area (Å²) in [4.78, 5) is 21.9. The lowest BCUT2D eigenvalue weighted by molar-refractivity contribution is -0.384. The number of rotatable bonds is 4. The number of primary amides is 1. The van der Waals surface area contributed by atoms with Gasteiger partial charge in [-0.1, -0.05) is 19.3 Å². The van der Waals surface area contributed by atoms with Gasteiger partial charge in [0.15, 0.2) is 0 Å². The molecular weight excluding hydrogens is 272 g/mol. The van der Waals surface area contributed by atoms with Gasteiger partial charge in [0.25, 0.3) is 5.69 Å². The lowest BCUT2D eigenvalue weighted by Crippen LogP contribution is -2.39. The van der Waals surface area contributed by atoms with Crippen molar-refractivity contribution in [3.05, 3.63) is 33.9 Å². The standard InChI is InChI=1S/C14H20N4O3/c15-10-4-2-1-3-5-11(10)17-12-8-9(14(16)19)6-7-13(12)18(20)21/h6-8,10-11,17H,1-5,15H2,(H2,16,19). The second kappa shape index (κ2) is 6.53. The summed E-state index contributed by atoms with van der Waals surface area (Å²) in [5.74, 6) is -0.613. The van der Waals surface area contributed by atoms with Crippen molar-refractivity contribution in [2.24, 2.45) is 11.5 Å². The minimum absolute atomic E-state index is 0.0330. The molecule has 1 amide bonds. The Hall–Kier alpha value is -2.15. The van der Waals surface area contributed by atoms with Gasteiger partial charge in [-0.25, -0.2) is 0 Å². The van der Waals surface area contributed by atoms with E-state index in [1.807, 2.05) is 0 Å². The average molecular weight is 292 g/mol. The zero-order valence-electron chi connectivity index (χ0n) is 11.7. The SMILES string of the molecule is NC(=O)c1ccc([N+](=O)[O-])c(NC2CCCCCC2N)c1. The molecule has 0 spiro atoms. The first-order valence-electron chi connectivity index (χ1n) is 7.09. The summed E-state index contributed by atoms with van der Waals surface area (Å²) in [6.07, 6.45) is 4.98. The van der Waals surface area contributed by atoms with Crippen LogP contribution in [-0.2, 0) is 0 Å². The number of carbonyl (C=O) groups excluding carboxylic acids is 1. The molecule has 1 saturated carbocycles. The van der Waals surface area contributed by atoms with Gasteiger partial charge in [0.05, 0.1) is 4.92 Å². The van der Waals surface area contributed by atoms with Crippen molar-refractivity contribution in [1.82, 2.24) is 0 Å². The largest absolute Gasteiger partial charge is 0.375 e. The maximum absolute atomic E-state index is 11.2. The maximum Gasteiger partial charge on any atom is 0.292 e.